The zero-order valence-corrected chi connectivity index (χ0v) is 15.2. The maximum Gasteiger partial charge on any atom is 0.288 e. The first-order chi connectivity index (χ1) is 13.2. The van der Waals surface area contributed by atoms with Gasteiger partial charge in [0.1, 0.15) is 5.02 Å². The number of nitrogens with zero attached hydrogens (tertiary/aromatic N) is 1. The van der Waals surface area contributed by atoms with Gasteiger partial charge in [0.2, 0.25) is 0 Å². The van der Waals surface area contributed by atoms with E-state index in [1.165, 1.54) is 0 Å². The third kappa shape index (κ3) is 3.03. The van der Waals surface area contributed by atoms with Crippen LogP contribution in [0.5, 0.6) is 0 Å². The summed E-state index contributed by atoms with van der Waals surface area (Å²) < 4.78 is 1.15. The van der Waals surface area contributed by atoms with E-state index in [0.717, 1.165) is 26.9 Å². The van der Waals surface area contributed by atoms with Gasteiger partial charge in [-0.25, -0.2) is 4.68 Å². The summed E-state index contributed by atoms with van der Waals surface area (Å²) in [6.07, 6.45) is 0. The molecule has 0 saturated heterocycles. The first-order valence-electron chi connectivity index (χ1n) is 8.58. The summed E-state index contributed by atoms with van der Waals surface area (Å²) >= 11 is 6.53. The Morgan fingerprint density at radius 3 is 1.52 bits per heavy atom. The van der Waals surface area contributed by atoms with E-state index in [0.29, 0.717) is 11.3 Å². The standard InChI is InChI=1S/C23H17ClN2O/c24-21-19(16-10-4-1-5-11-16)20(17-12-6-2-7-13-17)22(26(25)23(21)27)18-14-8-3-9-15-18/h1-15H,25H2. The van der Waals surface area contributed by atoms with Gasteiger partial charge < -0.3 is 5.84 Å². The molecular formula is C23H17ClN2O. The summed E-state index contributed by atoms with van der Waals surface area (Å²) in [5, 5.41) is 0.113. The van der Waals surface area contributed by atoms with Crippen molar-refractivity contribution >= 4 is 11.6 Å². The zero-order chi connectivity index (χ0) is 18.8. The Hall–Kier alpha value is -3.30. The summed E-state index contributed by atoms with van der Waals surface area (Å²) in [7, 11) is 0. The van der Waals surface area contributed by atoms with E-state index in [1.54, 1.807) is 0 Å². The molecule has 1 aromatic heterocycles. The van der Waals surface area contributed by atoms with Crippen molar-refractivity contribution in [2.24, 2.45) is 0 Å². The summed E-state index contributed by atoms with van der Waals surface area (Å²) in [6.45, 7) is 0. The fourth-order valence-electron chi connectivity index (χ4n) is 3.30. The van der Waals surface area contributed by atoms with E-state index in [1.807, 2.05) is 91.0 Å². The molecule has 0 radical (unpaired) electrons. The van der Waals surface area contributed by atoms with E-state index in [9.17, 15) is 4.79 Å². The van der Waals surface area contributed by atoms with Crippen LogP contribution >= 0.6 is 11.6 Å². The second-order valence-corrected chi connectivity index (χ2v) is 6.56. The van der Waals surface area contributed by atoms with Crippen LogP contribution in [-0.2, 0) is 0 Å². The molecule has 0 saturated carbocycles. The second kappa shape index (κ2) is 7.14. The molecule has 0 aliphatic carbocycles. The molecule has 0 aliphatic rings. The van der Waals surface area contributed by atoms with Gasteiger partial charge >= 0.3 is 0 Å². The van der Waals surface area contributed by atoms with Gasteiger partial charge in [-0.1, -0.05) is 103 Å². The largest absolute Gasteiger partial charge is 0.336 e. The third-order valence-electron chi connectivity index (χ3n) is 4.53. The van der Waals surface area contributed by atoms with Crippen molar-refractivity contribution in [3.05, 3.63) is 106 Å². The molecule has 0 unspecified atom stereocenters. The lowest BCUT2D eigenvalue weighted by Gasteiger charge is -2.20. The molecule has 4 rings (SSSR count). The summed E-state index contributed by atoms with van der Waals surface area (Å²) in [5.74, 6) is 6.22. The highest BCUT2D eigenvalue weighted by molar-refractivity contribution is 6.34. The molecule has 1 heterocycles. The molecule has 4 heteroatoms. The van der Waals surface area contributed by atoms with Gasteiger partial charge in [0.05, 0.1) is 5.69 Å². The third-order valence-corrected chi connectivity index (χ3v) is 4.88. The van der Waals surface area contributed by atoms with Gasteiger partial charge in [-0.3, -0.25) is 4.79 Å². The quantitative estimate of drug-likeness (QED) is 0.501. The van der Waals surface area contributed by atoms with E-state index in [-0.39, 0.29) is 5.02 Å². The summed E-state index contributed by atoms with van der Waals surface area (Å²) in [6, 6.07) is 29.2. The van der Waals surface area contributed by atoms with Gasteiger partial charge in [-0.15, -0.1) is 0 Å². The molecule has 0 bridgehead atoms. The summed E-state index contributed by atoms with van der Waals surface area (Å²) in [5.41, 5.74) is 4.40. The van der Waals surface area contributed by atoms with Crippen LogP contribution in [0.25, 0.3) is 33.5 Å². The Morgan fingerprint density at radius 1 is 0.630 bits per heavy atom. The van der Waals surface area contributed by atoms with Crippen molar-refractivity contribution in [1.82, 2.24) is 4.68 Å². The minimum atomic E-state index is -0.422. The van der Waals surface area contributed by atoms with Crippen LogP contribution < -0.4 is 11.4 Å². The van der Waals surface area contributed by atoms with E-state index in [2.05, 4.69) is 0 Å². The average Bonchev–Trinajstić information content (AvgIpc) is 2.73. The van der Waals surface area contributed by atoms with Crippen molar-refractivity contribution in [2.75, 3.05) is 5.84 Å². The minimum absolute atomic E-state index is 0.113. The van der Waals surface area contributed by atoms with Crippen molar-refractivity contribution in [2.45, 2.75) is 0 Å². The van der Waals surface area contributed by atoms with Crippen LogP contribution in [0.1, 0.15) is 0 Å². The van der Waals surface area contributed by atoms with E-state index >= 15 is 0 Å². The Bertz CT molecular complexity index is 1070. The highest BCUT2D eigenvalue weighted by atomic mass is 35.5. The molecule has 0 amide bonds. The molecule has 4 aromatic rings. The fraction of sp³-hybridized carbons (Fsp3) is 0. The Morgan fingerprint density at radius 2 is 1.04 bits per heavy atom. The number of halogens is 1. The first-order valence-corrected chi connectivity index (χ1v) is 8.96. The predicted molar refractivity (Wildman–Crippen MR) is 112 cm³/mol. The van der Waals surface area contributed by atoms with Crippen molar-refractivity contribution < 1.29 is 0 Å². The maximum absolute atomic E-state index is 12.8. The SMILES string of the molecule is Nn1c(-c2ccccc2)c(-c2ccccc2)c(-c2ccccc2)c(Cl)c1=O. The topological polar surface area (TPSA) is 48.0 Å². The van der Waals surface area contributed by atoms with Crippen LogP contribution in [0, 0.1) is 0 Å². The first kappa shape index (κ1) is 17.1. The van der Waals surface area contributed by atoms with Gasteiger partial charge in [-0.05, 0) is 11.1 Å². The van der Waals surface area contributed by atoms with Crippen molar-refractivity contribution in [3.63, 3.8) is 0 Å². The lowest BCUT2D eigenvalue weighted by molar-refractivity contribution is 0.950. The molecule has 27 heavy (non-hydrogen) atoms. The van der Waals surface area contributed by atoms with Crippen LogP contribution in [-0.4, -0.2) is 4.68 Å². The molecule has 2 N–H and O–H groups in total. The Kier molecular flexibility index (Phi) is 4.53. The van der Waals surface area contributed by atoms with Crippen molar-refractivity contribution in [1.29, 1.82) is 0 Å². The number of nitrogens with two attached hydrogens (primary N) is 1. The number of rotatable bonds is 3. The van der Waals surface area contributed by atoms with Crippen LogP contribution in [0.15, 0.2) is 95.8 Å². The van der Waals surface area contributed by atoms with E-state index < -0.39 is 5.56 Å². The Labute approximate surface area is 162 Å². The van der Waals surface area contributed by atoms with Gasteiger partial charge in [0, 0.05) is 16.7 Å². The van der Waals surface area contributed by atoms with Crippen molar-refractivity contribution in [3.8, 4) is 33.5 Å². The molecule has 132 valence electrons. The molecule has 0 aliphatic heterocycles. The number of pyridine rings is 1. The number of aromatic nitrogens is 1. The predicted octanol–water partition coefficient (Wildman–Crippen LogP) is 5.22. The average molecular weight is 373 g/mol. The number of hydrogen-bond donors (Lipinski definition) is 1. The Balaban J connectivity index is 2.20. The monoisotopic (exact) mass is 372 g/mol. The number of nitrogen functional groups attached to an aromatic ring is 1. The zero-order valence-electron chi connectivity index (χ0n) is 14.5. The van der Waals surface area contributed by atoms with Crippen LogP contribution in [0.3, 0.4) is 0 Å². The molecule has 0 spiro atoms. The second-order valence-electron chi connectivity index (χ2n) is 6.19. The molecule has 0 atom stereocenters. The van der Waals surface area contributed by atoms with E-state index in [4.69, 9.17) is 17.4 Å². The normalized spacial score (nSPS) is 10.7. The maximum atomic E-state index is 12.8. The molecule has 0 fully saturated rings. The number of hydrogen-bond acceptors (Lipinski definition) is 2. The molecular weight excluding hydrogens is 356 g/mol. The van der Waals surface area contributed by atoms with Gasteiger partial charge in [0.15, 0.2) is 0 Å². The lowest BCUT2D eigenvalue weighted by atomic mass is 9.91. The minimum Gasteiger partial charge on any atom is -0.336 e. The smallest absolute Gasteiger partial charge is 0.288 e. The molecule has 3 aromatic carbocycles. The highest BCUT2D eigenvalue weighted by Crippen LogP contribution is 2.41. The molecule has 3 nitrogen and oxygen atoms in total. The highest BCUT2D eigenvalue weighted by Gasteiger charge is 2.23. The fourth-order valence-corrected chi connectivity index (χ4v) is 3.60. The lowest BCUT2D eigenvalue weighted by Crippen LogP contribution is -2.30. The number of benzene rings is 3. The van der Waals surface area contributed by atoms with Crippen LogP contribution in [0.4, 0.5) is 0 Å². The van der Waals surface area contributed by atoms with Gasteiger partial charge in [-0.2, -0.15) is 0 Å². The summed E-state index contributed by atoms with van der Waals surface area (Å²) in [4.78, 5) is 12.8. The van der Waals surface area contributed by atoms with Gasteiger partial charge in [0.25, 0.3) is 5.56 Å². The van der Waals surface area contributed by atoms with Crippen LogP contribution in [0.2, 0.25) is 5.02 Å².